The van der Waals surface area contributed by atoms with E-state index >= 15 is 0 Å². The standard InChI is InChI=1S/C13H14ClN3O/c1-17-12(14)9(6-18)10-11(8-4-2-3-5-8)15-7-16-13(10)17/h6-8H,2-5H2,1H3. The van der Waals surface area contributed by atoms with Gasteiger partial charge in [-0.05, 0) is 12.8 Å². The molecule has 0 N–H and O–H groups in total. The van der Waals surface area contributed by atoms with E-state index in [1.807, 2.05) is 7.05 Å². The number of nitrogens with zero attached hydrogens (tertiary/aromatic N) is 3. The fourth-order valence-electron chi connectivity index (χ4n) is 2.90. The highest BCUT2D eigenvalue weighted by molar-refractivity contribution is 6.34. The maximum atomic E-state index is 11.3. The summed E-state index contributed by atoms with van der Waals surface area (Å²) in [6.07, 6.45) is 7.11. The molecule has 2 heterocycles. The van der Waals surface area contributed by atoms with Crippen molar-refractivity contribution < 1.29 is 4.79 Å². The lowest BCUT2D eigenvalue weighted by Crippen LogP contribution is -2.00. The Labute approximate surface area is 110 Å². The average molecular weight is 264 g/mol. The number of aryl methyl sites for hydroxylation is 1. The molecule has 0 aliphatic heterocycles. The van der Waals surface area contributed by atoms with E-state index in [4.69, 9.17) is 11.6 Å². The molecular formula is C13H14ClN3O. The number of hydrogen-bond acceptors (Lipinski definition) is 3. The van der Waals surface area contributed by atoms with Gasteiger partial charge < -0.3 is 4.57 Å². The summed E-state index contributed by atoms with van der Waals surface area (Å²) >= 11 is 6.18. The molecule has 2 aromatic rings. The Hall–Kier alpha value is -1.42. The third-order valence-electron chi connectivity index (χ3n) is 3.82. The SMILES string of the molecule is Cn1c(Cl)c(C=O)c2c(C3CCCC3)ncnc21. The van der Waals surface area contributed by atoms with Gasteiger partial charge in [-0.2, -0.15) is 0 Å². The summed E-state index contributed by atoms with van der Waals surface area (Å²) in [6, 6.07) is 0. The molecule has 0 bridgehead atoms. The fourth-order valence-corrected chi connectivity index (χ4v) is 3.11. The molecule has 0 saturated heterocycles. The molecule has 3 rings (SSSR count). The lowest BCUT2D eigenvalue weighted by molar-refractivity contribution is 0.112. The second kappa shape index (κ2) is 4.35. The van der Waals surface area contributed by atoms with Gasteiger partial charge in [0.15, 0.2) is 6.29 Å². The molecule has 0 unspecified atom stereocenters. The van der Waals surface area contributed by atoms with Crippen LogP contribution in [0.3, 0.4) is 0 Å². The van der Waals surface area contributed by atoms with Crippen LogP contribution in [0.15, 0.2) is 6.33 Å². The first-order valence-corrected chi connectivity index (χ1v) is 6.55. The second-order valence-corrected chi connectivity index (χ2v) is 5.18. The van der Waals surface area contributed by atoms with Gasteiger partial charge in [-0.1, -0.05) is 24.4 Å². The van der Waals surface area contributed by atoms with Crippen molar-refractivity contribution in [2.45, 2.75) is 31.6 Å². The zero-order valence-electron chi connectivity index (χ0n) is 10.2. The Balaban J connectivity index is 2.31. The van der Waals surface area contributed by atoms with Crippen LogP contribution in [-0.2, 0) is 7.05 Å². The number of carbonyl (C=O) groups excluding carboxylic acids is 1. The van der Waals surface area contributed by atoms with Crippen LogP contribution in [0.5, 0.6) is 0 Å². The fraction of sp³-hybridized carbons (Fsp3) is 0.462. The Morgan fingerprint density at radius 3 is 2.78 bits per heavy atom. The zero-order valence-corrected chi connectivity index (χ0v) is 10.9. The minimum absolute atomic E-state index is 0.438. The van der Waals surface area contributed by atoms with Crippen LogP contribution in [0.1, 0.15) is 47.7 Å². The van der Waals surface area contributed by atoms with Crippen molar-refractivity contribution >= 4 is 28.9 Å². The number of rotatable bonds is 2. The molecule has 5 heteroatoms. The summed E-state index contributed by atoms with van der Waals surface area (Å²) in [5.41, 5.74) is 2.26. The molecule has 94 valence electrons. The highest BCUT2D eigenvalue weighted by atomic mass is 35.5. The van der Waals surface area contributed by atoms with Crippen LogP contribution in [0, 0.1) is 0 Å². The molecule has 0 spiro atoms. The van der Waals surface area contributed by atoms with Crippen LogP contribution in [-0.4, -0.2) is 20.8 Å². The van der Waals surface area contributed by atoms with Crippen LogP contribution >= 0.6 is 11.6 Å². The van der Waals surface area contributed by atoms with Crippen LogP contribution in [0.4, 0.5) is 0 Å². The van der Waals surface area contributed by atoms with Crippen molar-refractivity contribution in [3.8, 4) is 0 Å². The smallest absolute Gasteiger partial charge is 0.153 e. The first-order valence-electron chi connectivity index (χ1n) is 6.18. The molecule has 0 atom stereocenters. The summed E-state index contributed by atoms with van der Waals surface area (Å²) in [7, 11) is 1.82. The van der Waals surface area contributed by atoms with Gasteiger partial charge in [0.2, 0.25) is 0 Å². The Kier molecular flexibility index (Phi) is 2.82. The Morgan fingerprint density at radius 2 is 2.11 bits per heavy atom. The van der Waals surface area contributed by atoms with Gasteiger partial charge in [-0.3, -0.25) is 4.79 Å². The molecule has 1 aliphatic rings. The predicted octanol–water partition coefficient (Wildman–Crippen LogP) is 3.09. The van der Waals surface area contributed by atoms with E-state index in [2.05, 4.69) is 9.97 Å². The van der Waals surface area contributed by atoms with Gasteiger partial charge in [-0.25, -0.2) is 9.97 Å². The Morgan fingerprint density at radius 1 is 1.39 bits per heavy atom. The number of fused-ring (bicyclic) bond motifs is 1. The van der Waals surface area contributed by atoms with E-state index in [9.17, 15) is 4.79 Å². The highest BCUT2D eigenvalue weighted by Crippen LogP contribution is 2.38. The molecule has 18 heavy (non-hydrogen) atoms. The predicted molar refractivity (Wildman–Crippen MR) is 70.1 cm³/mol. The first-order chi connectivity index (χ1) is 8.74. The number of aldehydes is 1. The third kappa shape index (κ3) is 1.56. The summed E-state index contributed by atoms with van der Waals surface area (Å²) in [6.45, 7) is 0. The van der Waals surface area contributed by atoms with Crippen molar-refractivity contribution in [2.24, 2.45) is 7.05 Å². The molecule has 1 saturated carbocycles. The summed E-state index contributed by atoms with van der Waals surface area (Å²) in [4.78, 5) is 19.9. The van der Waals surface area contributed by atoms with Crippen LogP contribution in [0.25, 0.3) is 11.0 Å². The van der Waals surface area contributed by atoms with Crippen molar-refractivity contribution in [1.82, 2.24) is 14.5 Å². The van der Waals surface area contributed by atoms with Crippen LogP contribution < -0.4 is 0 Å². The summed E-state index contributed by atoms with van der Waals surface area (Å²) in [5.74, 6) is 0.438. The van der Waals surface area contributed by atoms with Gasteiger partial charge in [0.25, 0.3) is 0 Å². The highest BCUT2D eigenvalue weighted by Gasteiger charge is 2.25. The first kappa shape index (κ1) is 11.7. The Bertz CT molecular complexity index is 614. The topological polar surface area (TPSA) is 47.8 Å². The van der Waals surface area contributed by atoms with E-state index in [1.165, 1.54) is 12.8 Å². The van der Waals surface area contributed by atoms with E-state index in [-0.39, 0.29) is 0 Å². The number of halogens is 1. The monoisotopic (exact) mass is 263 g/mol. The summed E-state index contributed by atoms with van der Waals surface area (Å²) in [5, 5.41) is 1.28. The largest absolute Gasteiger partial charge is 0.319 e. The van der Waals surface area contributed by atoms with Gasteiger partial charge in [-0.15, -0.1) is 0 Å². The lowest BCUT2D eigenvalue weighted by atomic mass is 9.99. The van der Waals surface area contributed by atoms with Crippen molar-refractivity contribution in [3.05, 3.63) is 22.7 Å². The molecule has 1 fully saturated rings. The lowest BCUT2D eigenvalue weighted by Gasteiger charge is -2.09. The van der Waals surface area contributed by atoms with Gasteiger partial charge in [0.1, 0.15) is 17.1 Å². The number of aromatic nitrogens is 3. The third-order valence-corrected chi connectivity index (χ3v) is 4.28. The van der Waals surface area contributed by atoms with Crippen molar-refractivity contribution in [3.63, 3.8) is 0 Å². The maximum Gasteiger partial charge on any atom is 0.153 e. The number of hydrogen-bond donors (Lipinski definition) is 0. The average Bonchev–Trinajstić information content (AvgIpc) is 2.99. The molecule has 1 aliphatic carbocycles. The van der Waals surface area contributed by atoms with E-state index in [1.54, 1.807) is 10.9 Å². The second-order valence-electron chi connectivity index (χ2n) is 4.82. The number of carbonyl (C=O) groups is 1. The zero-order chi connectivity index (χ0) is 12.7. The van der Waals surface area contributed by atoms with E-state index in [0.717, 1.165) is 35.9 Å². The van der Waals surface area contributed by atoms with Crippen molar-refractivity contribution in [1.29, 1.82) is 0 Å². The molecule has 0 aromatic carbocycles. The molecule has 0 radical (unpaired) electrons. The van der Waals surface area contributed by atoms with Crippen molar-refractivity contribution in [2.75, 3.05) is 0 Å². The van der Waals surface area contributed by atoms with Crippen LogP contribution in [0.2, 0.25) is 5.15 Å². The maximum absolute atomic E-state index is 11.3. The minimum atomic E-state index is 0.438. The summed E-state index contributed by atoms with van der Waals surface area (Å²) < 4.78 is 1.75. The van der Waals surface area contributed by atoms with Gasteiger partial charge in [0.05, 0.1) is 16.6 Å². The normalized spacial score (nSPS) is 16.6. The molecular weight excluding hydrogens is 250 g/mol. The van der Waals surface area contributed by atoms with Gasteiger partial charge in [0, 0.05) is 13.0 Å². The van der Waals surface area contributed by atoms with E-state index in [0.29, 0.717) is 16.6 Å². The van der Waals surface area contributed by atoms with E-state index < -0.39 is 0 Å². The molecule has 0 amide bonds. The molecule has 2 aromatic heterocycles. The minimum Gasteiger partial charge on any atom is -0.319 e. The molecule has 4 nitrogen and oxygen atoms in total. The quantitative estimate of drug-likeness (QED) is 0.783. The van der Waals surface area contributed by atoms with Gasteiger partial charge >= 0.3 is 0 Å².